The number of amides is 4. The van der Waals surface area contributed by atoms with Gasteiger partial charge in [0.15, 0.2) is 0 Å². The van der Waals surface area contributed by atoms with Crippen LogP contribution in [0.1, 0.15) is 75.6 Å². The van der Waals surface area contributed by atoms with Crippen LogP contribution >= 0.6 is 0 Å². The quantitative estimate of drug-likeness (QED) is 0.123. The first-order valence-electron chi connectivity index (χ1n) is 17.5. The zero-order chi connectivity index (χ0) is 36.1. The van der Waals surface area contributed by atoms with Crippen LogP contribution in [-0.4, -0.2) is 23.6 Å². The Bertz CT molecular complexity index is 1840. The number of benzene rings is 4. The number of rotatable bonds is 14. The van der Waals surface area contributed by atoms with Gasteiger partial charge >= 0.3 is 0 Å². The maximum atomic E-state index is 12.1. The lowest BCUT2D eigenvalue weighted by molar-refractivity contribution is -0.121. The van der Waals surface area contributed by atoms with Crippen LogP contribution in [0.2, 0.25) is 0 Å². The van der Waals surface area contributed by atoms with E-state index in [1.807, 2.05) is 12.1 Å². The molecule has 0 aliphatic carbocycles. The summed E-state index contributed by atoms with van der Waals surface area (Å²) in [4.78, 5) is 50.7. The molecule has 8 nitrogen and oxygen atoms in total. The summed E-state index contributed by atoms with van der Waals surface area (Å²) >= 11 is 0. The van der Waals surface area contributed by atoms with E-state index in [9.17, 15) is 19.2 Å². The van der Waals surface area contributed by atoms with Gasteiger partial charge in [0.25, 0.3) is 23.6 Å². The topological polar surface area (TPSA) is 93.2 Å². The molecule has 0 saturated carbocycles. The van der Waals surface area contributed by atoms with E-state index in [4.69, 9.17) is 9.47 Å². The Kier molecular flexibility index (Phi) is 10.3. The molecule has 2 heterocycles. The third kappa shape index (κ3) is 7.55. The smallest absolute Gasteiger partial charge is 0.258 e. The van der Waals surface area contributed by atoms with Crippen molar-refractivity contribution in [3.8, 4) is 23.0 Å². The summed E-state index contributed by atoms with van der Waals surface area (Å²) in [5.74, 6) is 1.38. The number of carbonyl (C=O) groups is 4. The number of ether oxygens (including phenoxy) is 2. The van der Waals surface area contributed by atoms with Gasteiger partial charge in [-0.3, -0.25) is 19.2 Å². The van der Waals surface area contributed by atoms with Crippen molar-refractivity contribution in [1.82, 2.24) is 0 Å². The molecular weight excluding hydrogens is 640 g/mol. The van der Waals surface area contributed by atoms with Crippen molar-refractivity contribution in [1.29, 1.82) is 0 Å². The van der Waals surface area contributed by atoms with E-state index in [0.717, 1.165) is 71.0 Å². The molecule has 0 spiro atoms. The molecule has 4 aromatic carbocycles. The van der Waals surface area contributed by atoms with E-state index < -0.39 is 0 Å². The van der Waals surface area contributed by atoms with Gasteiger partial charge in [0.1, 0.15) is 23.0 Å². The highest BCUT2D eigenvalue weighted by Crippen LogP contribution is 2.39. The van der Waals surface area contributed by atoms with E-state index in [-0.39, 0.29) is 29.0 Å². The lowest BCUT2D eigenvalue weighted by atomic mass is 9.76. The summed E-state index contributed by atoms with van der Waals surface area (Å²) < 4.78 is 12.7. The van der Waals surface area contributed by atoms with Gasteiger partial charge < -0.3 is 9.47 Å². The Morgan fingerprint density at radius 3 is 1.20 bits per heavy atom. The highest BCUT2D eigenvalue weighted by atomic mass is 16.5. The Balaban J connectivity index is 1.23. The molecule has 0 radical (unpaired) electrons. The van der Waals surface area contributed by atoms with Crippen LogP contribution in [0.4, 0.5) is 11.4 Å². The second-order valence-corrected chi connectivity index (χ2v) is 13.4. The Morgan fingerprint density at radius 2 is 0.863 bits per heavy atom. The average Bonchev–Trinajstić information content (AvgIpc) is 3.65. The van der Waals surface area contributed by atoms with Crippen molar-refractivity contribution >= 4 is 35.0 Å². The lowest BCUT2D eigenvalue weighted by Gasteiger charge is -2.28. The number of hydrogen-bond acceptors (Lipinski definition) is 6. The average molecular weight is 683 g/mol. The molecule has 8 heteroatoms. The molecule has 6 rings (SSSR count). The van der Waals surface area contributed by atoms with Crippen molar-refractivity contribution in [3.63, 3.8) is 0 Å². The van der Waals surface area contributed by atoms with Crippen molar-refractivity contribution in [3.05, 3.63) is 131 Å². The van der Waals surface area contributed by atoms with Crippen LogP contribution in [0.3, 0.4) is 0 Å². The first-order chi connectivity index (χ1) is 24.6. The SMILES string of the molecule is CCCCc1cc(C(C)(C)c2ccc(Oc3ccc(N4C(=O)C=CC4=O)cc3)c(CCCC)c2)ccc1Oc1ccc(N2C(=O)C=CC2=O)cc1. The molecular formula is C43H42N2O6. The number of aryl methyl sites for hydroxylation is 2. The molecule has 2 aliphatic rings. The lowest BCUT2D eigenvalue weighted by Crippen LogP contribution is -2.29. The number of carbonyl (C=O) groups excluding carboxylic acids is 4. The van der Waals surface area contributed by atoms with Crippen molar-refractivity contribution in [2.75, 3.05) is 9.80 Å². The first kappa shape index (κ1) is 35.1. The van der Waals surface area contributed by atoms with Crippen LogP contribution in [-0.2, 0) is 37.4 Å². The summed E-state index contributed by atoms with van der Waals surface area (Å²) in [7, 11) is 0. The Hall–Kier alpha value is -5.76. The fourth-order valence-electron chi connectivity index (χ4n) is 6.32. The summed E-state index contributed by atoms with van der Waals surface area (Å²) in [6.07, 6.45) is 10.9. The van der Waals surface area contributed by atoms with E-state index in [2.05, 4.69) is 52.0 Å². The summed E-state index contributed by atoms with van der Waals surface area (Å²) in [6, 6.07) is 26.8. The van der Waals surface area contributed by atoms with Crippen LogP contribution < -0.4 is 19.3 Å². The van der Waals surface area contributed by atoms with Crippen molar-refractivity contribution in [2.45, 2.75) is 71.6 Å². The van der Waals surface area contributed by atoms with Crippen LogP contribution in [0.15, 0.2) is 109 Å². The molecule has 2 aliphatic heterocycles. The molecule has 260 valence electrons. The number of hydrogen-bond donors (Lipinski definition) is 0. The molecule has 0 fully saturated rings. The Morgan fingerprint density at radius 1 is 0.510 bits per heavy atom. The maximum Gasteiger partial charge on any atom is 0.258 e. The molecule has 0 unspecified atom stereocenters. The van der Waals surface area contributed by atoms with E-state index >= 15 is 0 Å². The minimum Gasteiger partial charge on any atom is -0.457 e. The summed E-state index contributed by atoms with van der Waals surface area (Å²) in [5, 5.41) is 0. The number of imide groups is 2. The van der Waals surface area contributed by atoms with Crippen LogP contribution in [0.25, 0.3) is 0 Å². The predicted molar refractivity (Wildman–Crippen MR) is 199 cm³/mol. The number of nitrogens with zero attached hydrogens (tertiary/aromatic N) is 2. The van der Waals surface area contributed by atoms with E-state index in [1.165, 1.54) is 35.4 Å². The van der Waals surface area contributed by atoms with E-state index in [0.29, 0.717) is 22.9 Å². The minimum atomic E-state index is -0.353. The highest BCUT2D eigenvalue weighted by molar-refractivity contribution is 6.28. The molecule has 0 aromatic heterocycles. The Labute approximate surface area is 299 Å². The molecule has 51 heavy (non-hydrogen) atoms. The van der Waals surface area contributed by atoms with Gasteiger partial charge in [-0.1, -0.05) is 64.8 Å². The van der Waals surface area contributed by atoms with Gasteiger partial charge in [0.2, 0.25) is 0 Å². The molecule has 0 bridgehead atoms. The standard InChI is InChI=1S/C43H42N2O6/c1-5-7-9-29-27-31(11-21-37(29)50-35-17-13-33(14-18-35)44-39(46)23-24-40(44)47)43(3,4)32-12-22-38(30(28-32)10-8-6-2)51-36-19-15-34(16-20-36)45-41(48)25-26-42(45)49/h11-28H,5-10H2,1-4H3. The second kappa shape index (κ2) is 15.0. The normalized spacial score (nSPS) is 14.3. The van der Waals surface area contributed by atoms with Crippen molar-refractivity contribution in [2.24, 2.45) is 0 Å². The van der Waals surface area contributed by atoms with Crippen LogP contribution in [0.5, 0.6) is 23.0 Å². The highest BCUT2D eigenvalue weighted by Gasteiger charge is 2.28. The third-order valence-corrected chi connectivity index (χ3v) is 9.43. The maximum absolute atomic E-state index is 12.1. The zero-order valence-electron chi connectivity index (χ0n) is 29.5. The fraction of sp³-hybridized carbons (Fsp3) is 0.256. The molecule has 0 N–H and O–H groups in total. The minimum absolute atomic E-state index is 0.325. The molecule has 4 aromatic rings. The summed E-state index contributed by atoms with van der Waals surface area (Å²) in [6.45, 7) is 8.81. The van der Waals surface area contributed by atoms with Gasteiger partial charge in [-0.15, -0.1) is 0 Å². The van der Waals surface area contributed by atoms with Gasteiger partial charge in [-0.05, 0) is 109 Å². The fourth-order valence-corrected chi connectivity index (χ4v) is 6.32. The first-order valence-corrected chi connectivity index (χ1v) is 17.5. The molecule has 0 atom stereocenters. The van der Waals surface area contributed by atoms with Crippen molar-refractivity contribution < 1.29 is 28.7 Å². The molecule has 4 amide bonds. The van der Waals surface area contributed by atoms with Gasteiger partial charge in [-0.2, -0.15) is 0 Å². The van der Waals surface area contributed by atoms with E-state index in [1.54, 1.807) is 48.5 Å². The van der Waals surface area contributed by atoms with Gasteiger partial charge in [0, 0.05) is 29.7 Å². The largest absolute Gasteiger partial charge is 0.457 e. The zero-order valence-corrected chi connectivity index (χ0v) is 29.5. The number of anilines is 2. The van der Waals surface area contributed by atoms with Gasteiger partial charge in [-0.25, -0.2) is 9.80 Å². The third-order valence-electron chi connectivity index (χ3n) is 9.43. The van der Waals surface area contributed by atoms with Gasteiger partial charge in [0.05, 0.1) is 11.4 Å². The second-order valence-electron chi connectivity index (χ2n) is 13.4. The van der Waals surface area contributed by atoms with Crippen LogP contribution in [0, 0.1) is 0 Å². The predicted octanol–water partition coefficient (Wildman–Crippen LogP) is 9.14. The number of unbranched alkanes of at least 4 members (excludes halogenated alkanes) is 2. The molecule has 0 saturated heterocycles. The monoisotopic (exact) mass is 682 g/mol. The summed E-state index contributed by atoms with van der Waals surface area (Å²) in [5.41, 5.74) is 5.25.